The standard InChI is InChI=1S/C12H15N5O2/c13-10(18)12-15-8-6-14-9(16-11(8)17-12)5-7-1-3-19-4-2-7/h6-7H,1-5H2,(H2,13,18)(H,14,15,16,17). The van der Waals surface area contributed by atoms with Gasteiger partial charge in [0.15, 0.2) is 11.5 Å². The smallest absolute Gasteiger partial charge is 0.284 e. The number of carbonyl (C=O) groups excluding carboxylic acids is 1. The van der Waals surface area contributed by atoms with Crippen LogP contribution in [0.5, 0.6) is 0 Å². The first-order chi connectivity index (χ1) is 9.22. The van der Waals surface area contributed by atoms with Crippen molar-refractivity contribution < 1.29 is 9.53 Å². The number of hydrogen-bond donors (Lipinski definition) is 2. The predicted molar refractivity (Wildman–Crippen MR) is 67.4 cm³/mol. The molecule has 3 heterocycles. The van der Waals surface area contributed by atoms with E-state index in [0.717, 1.165) is 38.3 Å². The second-order valence-corrected chi connectivity index (χ2v) is 4.73. The monoisotopic (exact) mass is 261 g/mol. The Kier molecular flexibility index (Phi) is 3.12. The van der Waals surface area contributed by atoms with Gasteiger partial charge in [0, 0.05) is 19.6 Å². The van der Waals surface area contributed by atoms with Crippen LogP contribution in [0.2, 0.25) is 0 Å². The quantitative estimate of drug-likeness (QED) is 0.832. The number of nitrogens with two attached hydrogens (primary N) is 1. The molecule has 0 aromatic carbocycles. The molecule has 2 aromatic rings. The number of fused-ring (bicyclic) bond motifs is 1. The van der Waals surface area contributed by atoms with E-state index < -0.39 is 5.91 Å². The minimum Gasteiger partial charge on any atom is -0.381 e. The lowest BCUT2D eigenvalue weighted by molar-refractivity contribution is 0.0660. The summed E-state index contributed by atoms with van der Waals surface area (Å²) in [5, 5.41) is 0. The van der Waals surface area contributed by atoms with Gasteiger partial charge in [-0.15, -0.1) is 0 Å². The van der Waals surface area contributed by atoms with E-state index in [-0.39, 0.29) is 5.82 Å². The molecule has 1 amide bonds. The number of H-pyrrole nitrogens is 1. The predicted octanol–water partition coefficient (Wildman–Crippen LogP) is 0.421. The van der Waals surface area contributed by atoms with Gasteiger partial charge in [0.2, 0.25) is 0 Å². The van der Waals surface area contributed by atoms with Gasteiger partial charge in [-0.1, -0.05) is 0 Å². The maximum Gasteiger partial charge on any atom is 0.284 e. The van der Waals surface area contributed by atoms with Crippen LogP contribution in [0.1, 0.15) is 29.3 Å². The van der Waals surface area contributed by atoms with Crippen molar-refractivity contribution in [2.24, 2.45) is 11.7 Å². The zero-order chi connectivity index (χ0) is 13.2. The number of aromatic amines is 1. The van der Waals surface area contributed by atoms with E-state index in [9.17, 15) is 4.79 Å². The summed E-state index contributed by atoms with van der Waals surface area (Å²) in [6.07, 6.45) is 4.54. The highest BCUT2D eigenvalue weighted by molar-refractivity contribution is 5.92. The first-order valence-electron chi connectivity index (χ1n) is 6.31. The maximum absolute atomic E-state index is 11.0. The summed E-state index contributed by atoms with van der Waals surface area (Å²) in [6, 6.07) is 0. The molecule has 0 saturated carbocycles. The van der Waals surface area contributed by atoms with Crippen molar-refractivity contribution in [3.05, 3.63) is 17.8 Å². The first kappa shape index (κ1) is 12.0. The Balaban J connectivity index is 1.82. The van der Waals surface area contributed by atoms with E-state index >= 15 is 0 Å². The summed E-state index contributed by atoms with van der Waals surface area (Å²) in [4.78, 5) is 26.6. The Bertz CT molecular complexity index is 603. The average Bonchev–Trinajstić information content (AvgIpc) is 2.83. The van der Waals surface area contributed by atoms with Crippen molar-refractivity contribution in [1.82, 2.24) is 19.9 Å². The summed E-state index contributed by atoms with van der Waals surface area (Å²) >= 11 is 0. The molecule has 19 heavy (non-hydrogen) atoms. The van der Waals surface area contributed by atoms with E-state index in [2.05, 4.69) is 19.9 Å². The Morgan fingerprint density at radius 1 is 1.42 bits per heavy atom. The number of imidazole rings is 1. The molecule has 0 aliphatic carbocycles. The first-order valence-corrected chi connectivity index (χ1v) is 6.31. The number of ether oxygens (including phenoxy) is 1. The molecule has 1 fully saturated rings. The number of nitrogens with zero attached hydrogens (tertiary/aromatic N) is 3. The largest absolute Gasteiger partial charge is 0.381 e. The summed E-state index contributed by atoms with van der Waals surface area (Å²) in [6.45, 7) is 1.61. The van der Waals surface area contributed by atoms with E-state index in [1.807, 2.05) is 0 Å². The molecular weight excluding hydrogens is 246 g/mol. The van der Waals surface area contributed by atoms with Crippen molar-refractivity contribution in [1.29, 1.82) is 0 Å². The summed E-state index contributed by atoms with van der Waals surface area (Å²) < 4.78 is 5.33. The van der Waals surface area contributed by atoms with Crippen LogP contribution >= 0.6 is 0 Å². The molecule has 7 nitrogen and oxygen atoms in total. The van der Waals surface area contributed by atoms with Gasteiger partial charge in [0.1, 0.15) is 11.3 Å². The summed E-state index contributed by atoms with van der Waals surface area (Å²) in [7, 11) is 0. The lowest BCUT2D eigenvalue weighted by Gasteiger charge is -2.20. The molecule has 100 valence electrons. The van der Waals surface area contributed by atoms with E-state index in [0.29, 0.717) is 17.1 Å². The number of carbonyl (C=O) groups is 1. The lowest BCUT2D eigenvalue weighted by atomic mass is 9.96. The number of rotatable bonds is 3. The van der Waals surface area contributed by atoms with E-state index in [4.69, 9.17) is 10.5 Å². The molecule has 7 heteroatoms. The summed E-state index contributed by atoms with van der Waals surface area (Å²) in [5.74, 6) is 0.833. The van der Waals surface area contributed by atoms with Crippen molar-refractivity contribution >= 4 is 17.1 Å². The second-order valence-electron chi connectivity index (χ2n) is 4.73. The average molecular weight is 261 g/mol. The van der Waals surface area contributed by atoms with Gasteiger partial charge in [-0.25, -0.2) is 15.0 Å². The van der Waals surface area contributed by atoms with Gasteiger partial charge in [-0.05, 0) is 18.8 Å². The van der Waals surface area contributed by atoms with Gasteiger partial charge >= 0.3 is 0 Å². The molecule has 2 aromatic heterocycles. The Morgan fingerprint density at radius 3 is 2.95 bits per heavy atom. The molecular formula is C12H15N5O2. The summed E-state index contributed by atoms with van der Waals surface area (Å²) in [5.41, 5.74) is 6.29. The van der Waals surface area contributed by atoms with Gasteiger partial charge in [-0.2, -0.15) is 0 Å². The van der Waals surface area contributed by atoms with Crippen LogP contribution in [0.25, 0.3) is 11.2 Å². The van der Waals surface area contributed by atoms with E-state index in [1.165, 1.54) is 0 Å². The van der Waals surface area contributed by atoms with Gasteiger partial charge in [0.25, 0.3) is 5.91 Å². The molecule has 1 saturated heterocycles. The SMILES string of the molecule is NC(=O)c1nc2nc(CC3CCOCC3)ncc2[nH]1. The highest BCUT2D eigenvalue weighted by Gasteiger charge is 2.17. The highest BCUT2D eigenvalue weighted by atomic mass is 16.5. The zero-order valence-corrected chi connectivity index (χ0v) is 10.4. The maximum atomic E-state index is 11.0. The van der Waals surface area contributed by atoms with Crippen LogP contribution in [0, 0.1) is 5.92 Å². The van der Waals surface area contributed by atoms with Crippen molar-refractivity contribution in [3.63, 3.8) is 0 Å². The van der Waals surface area contributed by atoms with Gasteiger partial charge < -0.3 is 15.5 Å². The minimum absolute atomic E-state index is 0.118. The number of primary amides is 1. The van der Waals surface area contributed by atoms with Crippen LogP contribution in [0.4, 0.5) is 0 Å². The molecule has 3 N–H and O–H groups in total. The van der Waals surface area contributed by atoms with E-state index in [1.54, 1.807) is 6.20 Å². The molecule has 0 radical (unpaired) electrons. The zero-order valence-electron chi connectivity index (χ0n) is 10.4. The number of amides is 1. The van der Waals surface area contributed by atoms with Gasteiger partial charge in [-0.3, -0.25) is 4.79 Å². The number of hydrogen-bond acceptors (Lipinski definition) is 5. The third kappa shape index (κ3) is 2.55. The number of nitrogens with one attached hydrogen (secondary N) is 1. The number of aromatic nitrogens is 4. The molecule has 1 aliphatic heterocycles. The molecule has 3 rings (SSSR count). The normalized spacial score (nSPS) is 16.8. The molecule has 0 atom stereocenters. The van der Waals surface area contributed by atoms with Crippen molar-refractivity contribution in [3.8, 4) is 0 Å². The Labute approximate surface area is 109 Å². The molecule has 0 unspecified atom stereocenters. The third-order valence-electron chi connectivity index (χ3n) is 3.33. The molecule has 0 bridgehead atoms. The fourth-order valence-corrected chi connectivity index (χ4v) is 2.27. The Morgan fingerprint density at radius 2 is 2.21 bits per heavy atom. The van der Waals surface area contributed by atoms with Crippen LogP contribution < -0.4 is 5.73 Å². The third-order valence-corrected chi connectivity index (χ3v) is 3.33. The highest BCUT2D eigenvalue weighted by Crippen LogP contribution is 2.19. The lowest BCUT2D eigenvalue weighted by Crippen LogP contribution is -2.18. The molecule has 0 spiro atoms. The Hall–Kier alpha value is -2.02. The van der Waals surface area contributed by atoms with Crippen LogP contribution in [0.3, 0.4) is 0 Å². The van der Waals surface area contributed by atoms with Crippen molar-refractivity contribution in [2.45, 2.75) is 19.3 Å². The van der Waals surface area contributed by atoms with Crippen LogP contribution in [-0.2, 0) is 11.2 Å². The van der Waals surface area contributed by atoms with Gasteiger partial charge in [0.05, 0.1) is 6.20 Å². The second kappa shape index (κ2) is 4.93. The van der Waals surface area contributed by atoms with Crippen LogP contribution in [0.15, 0.2) is 6.20 Å². The fraction of sp³-hybridized carbons (Fsp3) is 0.500. The topological polar surface area (TPSA) is 107 Å². The molecule has 1 aliphatic rings. The fourth-order valence-electron chi connectivity index (χ4n) is 2.27. The minimum atomic E-state index is -0.594. The van der Waals surface area contributed by atoms with Crippen molar-refractivity contribution in [2.75, 3.05) is 13.2 Å². The van der Waals surface area contributed by atoms with Crippen LogP contribution in [-0.4, -0.2) is 39.1 Å².